The minimum absolute atomic E-state index is 0.00625. The molecule has 6 rings (SSSR count). The highest BCUT2D eigenvalue weighted by Crippen LogP contribution is 2.51. The summed E-state index contributed by atoms with van der Waals surface area (Å²) in [5.74, 6) is -9.44. The maximum atomic E-state index is 13.9. The van der Waals surface area contributed by atoms with Crippen LogP contribution in [0.1, 0.15) is 40.9 Å². The predicted octanol–water partition coefficient (Wildman–Crippen LogP) is 0.379. The summed E-state index contributed by atoms with van der Waals surface area (Å²) in [4.78, 5) is 67.9. The third-order valence-corrected chi connectivity index (χ3v) is 9.01. The SMILES string of the molecule is CN(C)C1C(=O)C(C(N)=O)C(=O)C2(O)C(=O)C3C(=O)c4c(O)ccc(-c5ccc(CNC6CC6)o5)c4CC3CC12. The number of nitrogens with two attached hydrogens (primary N) is 1. The van der Waals surface area contributed by atoms with Gasteiger partial charge in [-0.15, -0.1) is 0 Å². The summed E-state index contributed by atoms with van der Waals surface area (Å²) >= 11 is 0. The highest BCUT2D eigenvalue weighted by atomic mass is 16.3. The summed E-state index contributed by atoms with van der Waals surface area (Å²) < 4.78 is 6.06. The summed E-state index contributed by atoms with van der Waals surface area (Å²) in [5.41, 5.74) is 3.66. The molecule has 3 saturated carbocycles. The van der Waals surface area contributed by atoms with E-state index in [0.717, 1.165) is 18.6 Å². The normalized spacial score (nSPS) is 31.6. The van der Waals surface area contributed by atoms with Gasteiger partial charge in [-0.2, -0.15) is 0 Å². The van der Waals surface area contributed by atoms with Crippen molar-refractivity contribution >= 4 is 29.0 Å². The van der Waals surface area contributed by atoms with Crippen LogP contribution in [0, 0.1) is 23.7 Å². The number of aliphatic hydroxyl groups is 1. The number of carbonyl (C=O) groups is 5. The zero-order valence-electron chi connectivity index (χ0n) is 22.2. The quantitative estimate of drug-likeness (QED) is 0.368. The molecule has 0 spiro atoms. The van der Waals surface area contributed by atoms with Crippen LogP contribution in [0.4, 0.5) is 0 Å². The maximum absolute atomic E-state index is 13.9. The predicted molar refractivity (Wildman–Crippen MR) is 139 cm³/mol. The number of rotatable bonds is 6. The molecule has 11 heteroatoms. The zero-order valence-corrected chi connectivity index (χ0v) is 22.2. The second kappa shape index (κ2) is 9.18. The third kappa shape index (κ3) is 3.79. The number of furan rings is 1. The number of hydrogen-bond acceptors (Lipinski definition) is 10. The largest absolute Gasteiger partial charge is 0.507 e. The van der Waals surface area contributed by atoms with Crippen LogP contribution in [0.25, 0.3) is 11.3 Å². The minimum atomic E-state index is -2.74. The van der Waals surface area contributed by atoms with Crippen molar-refractivity contribution in [2.45, 2.75) is 49.9 Å². The van der Waals surface area contributed by atoms with Crippen molar-refractivity contribution < 1.29 is 38.6 Å². The number of nitrogens with one attached hydrogen (secondary N) is 1. The van der Waals surface area contributed by atoms with Crippen LogP contribution in [0.5, 0.6) is 5.75 Å². The summed E-state index contributed by atoms with van der Waals surface area (Å²) in [6, 6.07) is 6.01. The standard InChI is InChI=1S/C29H31N3O8/c1-32(2)23-17-10-12-9-16-15(19-8-5-14(40-19)11-31-13-3-4-13)6-7-18(33)21(16)24(34)20(12)26(36)29(17,39)27(37)22(25(23)35)28(30)38/h5-8,12-13,17,20,22-23,31,33,39H,3-4,9-11H2,1-2H3,(H2,30,38). The van der Waals surface area contributed by atoms with Crippen molar-refractivity contribution in [3.05, 3.63) is 41.2 Å². The maximum Gasteiger partial charge on any atom is 0.235 e. The fourth-order valence-corrected chi connectivity index (χ4v) is 6.99. The number of nitrogens with zero attached hydrogens (tertiary/aromatic N) is 1. The first kappa shape index (κ1) is 26.5. The van der Waals surface area contributed by atoms with E-state index >= 15 is 0 Å². The number of benzene rings is 1. The van der Waals surface area contributed by atoms with E-state index in [-0.39, 0.29) is 24.2 Å². The number of fused-ring (bicyclic) bond motifs is 3. The van der Waals surface area contributed by atoms with Crippen LogP contribution in [-0.4, -0.2) is 75.9 Å². The molecule has 0 bridgehead atoms. The van der Waals surface area contributed by atoms with Gasteiger partial charge < -0.3 is 25.7 Å². The van der Waals surface area contributed by atoms with E-state index in [4.69, 9.17) is 10.2 Å². The van der Waals surface area contributed by atoms with Crippen LogP contribution in [0.2, 0.25) is 0 Å². The number of phenols is 1. The number of phenolic OH excluding ortho intramolecular Hbond substituents is 1. The van der Waals surface area contributed by atoms with Crippen molar-refractivity contribution in [3.8, 4) is 17.1 Å². The Morgan fingerprint density at radius 2 is 1.85 bits per heavy atom. The van der Waals surface area contributed by atoms with Crippen molar-refractivity contribution in [3.63, 3.8) is 0 Å². The Morgan fingerprint density at radius 3 is 2.50 bits per heavy atom. The van der Waals surface area contributed by atoms with Gasteiger partial charge in [-0.25, -0.2) is 0 Å². The molecule has 1 aromatic carbocycles. The van der Waals surface area contributed by atoms with Crippen molar-refractivity contribution in [1.29, 1.82) is 0 Å². The first-order chi connectivity index (χ1) is 18.9. The van der Waals surface area contributed by atoms with E-state index in [1.807, 2.05) is 6.07 Å². The zero-order chi connectivity index (χ0) is 28.7. The molecule has 0 saturated heterocycles. The summed E-state index contributed by atoms with van der Waals surface area (Å²) in [6.45, 7) is 0.559. The molecular formula is C29H31N3O8. The van der Waals surface area contributed by atoms with Gasteiger partial charge in [0.05, 0.1) is 24.1 Å². The smallest absolute Gasteiger partial charge is 0.235 e. The lowest BCUT2D eigenvalue weighted by atomic mass is 9.52. The lowest BCUT2D eigenvalue weighted by molar-refractivity contribution is -0.181. The van der Waals surface area contributed by atoms with E-state index in [0.29, 0.717) is 29.5 Å². The molecule has 0 radical (unpaired) electrons. The van der Waals surface area contributed by atoms with E-state index < -0.39 is 64.4 Å². The molecular weight excluding hydrogens is 518 g/mol. The van der Waals surface area contributed by atoms with Gasteiger partial charge in [0, 0.05) is 17.5 Å². The number of ketones is 4. The van der Waals surface area contributed by atoms with Gasteiger partial charge in [0.2, 0.25) is 5.91 Å². The Labute approximate surface area is 229 Å². The third-order valence-electron chi connectivity index (χ3n) is 9.01. The average Bonchev–Trinajstić information content (AvgIpc) is 3.60. The van der Waals surface area contributed by atoms with Gasteiger partial charge in [0.1, 0.15) is 17.3 Å². The number of aromatic hydroxyl groups is 1. The van der Waals surface area contributed by atoms with Crippen molar-refractivity contribution in [2.75, 3.05) is 14.1 Å². The van der Waals surface area contributed by atoms with Gasteiger partial charge in [-0.05, 0) is 75.5 Å². The molecule has 6 atom stereocenters. The minimum Gasteiger partial charge on any atom is -0.507 e. The lowest BCUT2D eigenvalue weighted by Crippen LogP contribution is -2.74. The van der Waals surface area contributed by atoms with Crippen LogP contribution < -0.4 is 11.1 Å². The first-order valence-corrected chi connectivity index (χ1v) is 13.5. The number of likely N-dealkylation sites (N-methyl/N-ethyl adjacent to an activating group) is 1. The molecule has 11 nitrogen and oxygen atoms in total. The second-order valence-corrected chi connectivity index (χ2v) is 11.7. The summed E-state index contributed by atoms with van der Waals surface area (Å²) in [6.07, 6.45) is 2.43. The van der Waals surface area contributed by atoms with Crippen LogP contribution >= 0.6 is 0 Å². The molecule has 1 aromatic heterocycles. The van der Waals surface area contributed by atoms with Crippen LogP contribution in [0.3, 0.4) is 0 Å². The summed E-state index contributed by atoms with van der Waals surface area (Å²) in [7, 11) is 3.11. The van der Waals surface area contributed by atoms with Crippen LogP contribution in [-0.2, 0) is 32.1 Å². The monoisotopic (exact) mass is 549 g/mol. The Balaban J connectivity index is 1.41. The first-order valence-electron chi connectivity index (χ1n) is 13.5. The van der Waals surface area contributed by atoms with Crippen molar-refractivity contribution in [2.24, 2.45) is 29.4 Å². The fourth-order valence-electron chi connectivity index (χ4n) is 6.99. The number of Topliss-reactive ketones (excluding diaryl/α,β-unsaturated/α-hetero) is 4. The number of primary amides is 1. The number of carbonyl (C=O) groups excluding carboxylic acids is 5. The van der Waals surface area contributed by atoms with Gasteiger partial charge >= 0.3 is 0 Å². The average molecular weight is 550 g/mol. The lowest BCUT2D eigenvalue weighted by Gasteiger charge is -2.52. The molecule has 4 aliphatic rings. The van der Waals surface area contributed by atoms with Crippen LogP contribution in [0.15, 0.2) is 28.7 Å². The highest BCUT2D eigenvalue weighted by Gasteiger charge is 2.69. The van der Waals surface area contributed by atoms with E-state index in [1.54, 1.807) is 26.2 Å². The number of amides is 1. The molecule has 5 N–H and O–H groups in total. The van der Waals surface area contributed by atoms with Gasteiger partial charge in [0.25, 0.3) is 0 Å². The molecule has 4 aliphatic carbocycles. The second-order valence-electron chi connectivity index (χ2n) is 11.7. The highest BCUT2D eigenvalue weighted by molar-refractivity contribution is 6.32. The Bertz CT molecular complexity index is 1470. The van der Waals surface area contributed by atoms with Crippen molar-refractivity contribution in [1.82, 2.24) is 10.2 Å². The van der Waals surface area contributed by atoms with E-state index in [9.17, 15) is 34.2 Å². The Kier molecular flexibility index (Phi) is 6.10. The molecule has 210 valence electrons. The molecule has 0 aliphatic heterocycles. The van der Waals surface area contributed by atoms with E-state index in [1.165, 1.54) is 11.0 Å². The molecule has 40 heavy (non-hydrogen) atoms. The number of hydrogen-bond donors (Lipinski definition) is 4. The Morgan fingerprint density at radius 1 is 1.12 bits per heavy atom. The van der Waals surface area contributed by atoms with E-state index in [2.05, 4.69) is 5.32 Å². The Hall–Kier alpha value is -3.67. The summed E-state index contributed by atoms with van der Waals surface area (Å²) in [5, 5.41) is 25.8. The molecule has 1 heterocycles. The molecule has 1 amide bonds. The molecule has 2 aromatic rings. The molecule has 6 unspecified atom stereocenters. The fraction of sp³-hybridized carbons (Fsp3) is 0.483. The van der Waals surface area contributed by atoms with Gasteiger partial charge in [-0.1, -0.05) is 0 Å². The van der Waals surface area contributed by atoms with Gasteiger partial charge in [-0.3, -0.25) is 28.9 Å². The molecule has 3 fully saturated rings. The van der Waals surface area contributed by atoms with Gasteiger partial charge in [0.15, 0.2) is 34.7 Å². The topological polar surface area (TPSA) is 180 Å².